The van der Waals surface area contributed by atoms with Gasteiger partial charge in [-0.3, -0.25) is 4.68 Å². The molecule has 2 N–H and O–H groups in total. The molecule has 0 aromatic carbocycles. The first kappa shape index (κ1) is 13.5. The SMILES string of the molecule is CN(CCn1cc(CN)nn1)C1CCCCCC1. The van der Waals surface area contributed by atoms with Crippen LogP contribution in [0.2, 0.25) is 0 Å². The minimum Gasteiger partial charge on any atom is -0.325 e. The first-order valence-electron chi connectivity index (χ1n) is 7.09. The zero-order valence-corrected chi connectivity index (χ0v) is 11.4. The molecular formula is C13H25N5. The Morgan fingerprint density at radius 1 is 1.33 bits per heavy atom. The molecule has 5 nitrogen and oxygen atoms in total. The zero-order chi connectivity index (χ0) is 12.8. The molecule has 1 fully saturated rings. The Balaban J connectivity index is 1.77. The average Bonchev–Trinajstić information content (AvgIpc) is 2.68. The van der Waals surface area contributed by atoms with Crippen LogP contribution in [-0.4, -0.2) is 39.5 Å². The van der Waals surface area contributed by atoms with Crippen LogP contribution in [0.1, 0.15) is 44.2 Å². The number of nitrogens with two attached hydrogens (primary N) is 1. The van der Waals surface area contributed by atoms with E-state index in [2.05, 4.69) is 22.3 Å². The van der Waals surface area contributed by atoms with Gasteiger partial charge in [-0.15, -0.1) is 5.10 Å². The Morgan fingerprint density at radius 2 is 2.06 bits per heavy atom. The number of aromatic nitrogens is 3. The van der Waals surface area contributed by atoms with Crippen LogP contribution < -0.4 is 5.73 Å². The third-order valence-electron chi connectivity index (χ3n) is 3.93. The van der Waals surface area contributed by atoms with Crippen molar-refractivity contribution in [3.63, 3.8) is 0 Å². The summed E-state index contributed by atoms with van der Waals surface area (Å²) < 4.78 is 1.90. The molecule has 0 bridgehead atoms. The summed E-state index contributed by atoms with van der Waals surface area (Å²) in [7, 11) is 2.23. The number of nitrogens with zero attached hydrogens (tertiary/aromatic N) is 4. The lowest BCUT2D eigenvalue weighted by molar-refractivity contribution is 0.210. The van der Waals surface area contributed by atoms with Crippen LogP contribution >= 0.6 is 0 Å². The van der Waals surface area contributed by atoms with Gasteiger partial charge in [-0.2, -0.15) is 0 Å². The van der Waals surface area contributed by atoms with Crippen LogP contribution in [0.25, 0.3) is 0 Å². The highest BCUT2D eigenvalue weighted by atomic mass is 15.4. The summed E-state index contributed by atoms with van der Waals surface area (Å²) in [5, 5.41) is 8.09. The molecule has 5 heteroatoms. The van der Waals surface area contributed by atoms with E-state index in [1.807, 2.05) is 10.9 Å². The van der Waals surface area contributed by atoms with Gasteiger partial charge >= 0.3 is 0 Å². The number of rotatable bonds is 5. The molecule has 0 radical (unpaired) electrons. The maximum absolute atomic E-state index is 5.53. The normalized spacial score (nSPS) is 18.2. The summed E-state index contributed by atoms with van der Waals surface area (Å²) in [6, 6.07) is 0.755. The van der Waals surface area contributed by atoms with E-state index in [-0.39, 0.29) is 0 Å². The number of hydrogen-bond donors (Lipinski definition) is 1. The lowest BCUT2D eigenvalue weighted by atomic mass is 10.1. The summed E-state index contributed by atoms with van der Waals surface area (Å²) in [4.78, 5) is 2.48. The van der Waals surface area contributed by atoms with Crippen molar-refractivity contribution in [1.82, 2.24) is 19.9 Å². The van der Waals surface area contributed by atoms with E-state index < -0.39 is 0 Å². The quantitative estimate of drug-likeness (QED) is 0.803. The van der Waals surface area contributed by atoms with Crippen molar-refractivity contribution < 1.29 is 0 Å². The van der Waals surface area contributed by atoms with Crippen LogP contribution in [0.4, 0.5) is 0 Å². The van der Waals surface area contributed by atoms with Gasteiger partial charge in [0.2, 0.25) is 0 Å². The predicted octanol–water partition coefficient (Wildman–Crippen LogP) is 1.39. The van der Waals surface area contributed by atoms with E-state index in [0.717, 1.165) is 24.8 Å². The van der Waals surface area contributed by atoms with E-state index in [9.17, 15) is 0 Å². The average molecular weight is 251 g/mol. The van der Waals surface area contributed by atoms with Crippen molar-refractivity contribution in [2.75, 3.05) is 13.6 Å². The fraction of sp³-hybridized carbons (Fsp3) is 0.846. The zero-order valence-electron chi connectivity index (χ0n) is 11.4. The molecule has 1 aromatic rings. The number of hydrogen-bond acceptors (Lipinski definition) is 4. The molecule has 1 saturated carbocycles. The summed E-state index contributed by atoms with van der Waals surface area (Å²) in [6.45, 7) is 2.41. The molecule has 2 rings (SSSR count). The molecule has 0 spiro atoms. The lowest BCUT2D eigenvalue weighted by Crippen LogP contribution is -2.34. The second-order valence-corrected chi connectivity index (χ2v) is 5.30. The molecule has 1 aromatic heterocycles. The van der Waals surface area contributed by atoms with Crippen molar-refractivity contribution >= 4 is 0 Å². The highest BCUT2D eigenvalue weighted by Crippen LogP contribution is 2.20. The Hall–Kier alpha value is -0.940. The first-order valence-corrected chi connectivity index (χ1v) is 7.09. The maximum Gasteiger partial charge on any atom is 0.0962 e. The predicted molar refractivity (Wildman–Crippen MR) is 72.0 cm³/mol. The summed E-state index contributed by atoms with van der Waals surface area (Å²) in [6.07, 6.45) is 10.2. The molecule has 0 aliphatic heterocycles. The first-order chi connectivity index (χ1) is 8.79. The molecule has 0 atom stereocenters. The van der Waals surface area contributed by atoms with Crippen LogP contribution in [-0.2, 0) is 13.1 Å². The van der Waals surface area contributed by atoms with Gasteiger partial charge in [0.25, 0.3) is 0 Å². The molecular weight excluding hydrogens is 226 g/mol. The van der Waals surface area contributed by atoms with Gasteiger partial charge in [0.15, 0.2) is 0 Å². The third kappa shape index (κ3) is 3.78. The second kappa shape index (κ2) is 6.85. The highest BCUT2D eigenvalue weighted by Gasteiger charge is 2.16. The van der Waals surface area contributed by atoms with Gasteiger partial charge in [0.1, 0.15) is 0 Å². The Kier molecular flexibility index (Phi) is 5.13. The van der Waals surface area contributed by atoms with Crippen molar-refractivity contribution in [1.29, 1.82) is 0 Å². The molecule has 1 aliphatic carbocycles. The lowest BCUT2D eigenvalue weighted by Gasteiger charge is -2.26. The second-order valence-electron chi connectivity index (χ2n) is 5.30. The smallest absolute Gasteiger partial charge is 0.0962 e. The van der Waals surface area contributed by atoms with Crippen LogP contribution in [0.3, 0.4) is 0 Å². The summed E-state index contributed by atoms with van der Waals surface area (Å²) in [5.74, 6) is 0. The molecule has 0 unspecified atom stereocenters. The minimum absolute atomic E-state index is 0.471. The molecule has 1 aliphatic rings. The van der Waals surface area contributed by atoms with E-state index in [1.165, 1.54) is 38.5 Å². The van der Waals surface area contributed by atoms with Crippen molar-refractivity contribution in [3.05, 3.63) is 11.9 Å². The monoisotopic (exact) mass is 251 g/mol. The molecule has 0 saturated heterocycles. The molecule has 18 heavy (non-hydrogen) atoms. The largest absolute Gasteiger partial charge is 0.325 e. The fourth-order valence-corrected chi connectivity index (χ4v) is 2.68. The van der Waals surface area contributed by atoms with Gasteiger partial charge in [0, 0.05) is 25.3 Å². The van der Waals surface area contributed by atoms with Gasteiger partial charge < -0.3 is 10.6 Å². The van der Waals surface area contributed by atoms with Crippen LogP contribution in [0, 0.1) is 0 Å². The van der Waals surface area contributed by atoms with E-state index in [4.69, 9.17) is 5.73 Å². The fourth-order valence-electron chi connectivity index (χ4n) is 2.68. The summed E-state index contributed by atoms with van der Waals surface area (Å²) >= 11 is 0. The van der Waals surface area contributed by atoms with E-state index >= 15 is 0 Å². The summed E-state index contributed by atoms with van der Waals surface area (Å²) in [5.41, 5.74) is 6.39. The number of likely N-dealkylation sites (N-methyl/N-ethyl adjacent to an activating group) is 1. The Labute approximate surface area is 109 Å². The van der Waals surface area contributed by atoms with Crippen molar-refractivity contribution in [2.45, 2.75) is 57.7 Å². The van der Waals surface area contributed by atoms with Crippen LogP contribution in [0.5, 0.6) is 0 Å². The Bertz CT molecular complexity index is 341. The van der Waals surface area contributed by atoms with Gasteiger partial charge in [-0.25, -0.2) is 0 Å². The Morgan fingerprint density at radius 3 is 2.67 bits per heavy atom. The third-order valence-corrected chi connectivity index (χ3v) is 3.93. The van der Waals surface area contributed by atoms with Gasteiger partial charge in [0.05, 0.1) is 12.2 Å². The molecule has 1 heterocycles. The molecule has 102 valence electrons. The van der Waals surface area contributed by atoms with E-state index in [0.29, 0.717) is 6.54 Å². The van der Waals surface area contributed by atoms with Crippen LogP contribution in [0.15, 0.2) is 6.20 Å². The van der Waals surface area contributed by atoms with Gasteiger partial charge in [-0.1, -0.05) is 30.9 Å². The van der Waals surface area contributed by atoms with Gasteiger partial charge in [-0.05, 0) is 19.9 Å². The minimum atomic E-state index is 0.471. The van der Waals surface area contributed by atoms with Crippen molar-refractivity contribution in [2.24, 2.45) is 5.73 Å². The van der Waals surface area contributed by atoms with Crippen molar-refractivity contribution in [3.8, 4) is 0 Å². The highest BCUT2D eigenvalue weighted by molar-refractivity contribution is 4.90. The standard InChI is InChI=1S/C13H25N5/c1-17(13-6-4-2-3-5-7-13)8-9-18-11-12(10-14)15-16-18/h11,13H,2-10,14H2,1H3. The maximum atomic E-state index is 5.53. The van der Waals surface area contributed by atoms with E-state index in [1.54, 1.807) is 0 Å². The topological polar surface area (TPSA) is 60.0 Å². The molecule has 0 amide bonds.